The average Bonchev–Trinajstić information content (AvgIpc) is 3.15. The van der Waals surface area contributed by atoms with E-state index in [4.69, 9.17) is 5.73 Å². The number of rotatable bonds is 5. The van der Waals surface area contributed by atoms with Gasteiger partial charge in [0.25, 0.3) is 5.91 Å². The smallest absolute Gasteiger partial charge is 0.255 e. The highest BCUT2D eigenvalue weighted by molar-refractivity contribution is 6.03. The third-order valence-corrected chi connectivity index (χ3v) is 4.50. The van der Waals surface area contributed by atoms with Gasteiger partial charge in [-0.3, -0.25) is 9.59 Å². The minimum atomic E-state index is -0.120. The number of benzene rings is 2. The van der Waals surface area contributed by atoms with E-state index in [1.165, 1.54) is 0 Å². The number of aryl methyl sites for hydroxylation is 1. The number of nitrogen functional groups attached to an aromatic ring is 1. The van der Waals surface area contributed by atoms with Crippen LogP contribution >= 0.6 is 0 Å². The van der Waals surface area contributed by atoms with Gasteiger partial charge in [-0.1, -0.05) is 30.3 Å². The van der Waals surface area contributed by atoms with Crippen molar-refractivity contribution in [1.82, 2.24) is 4.90 Å². The molecular weight excluding hydrogens is 314 g/mol. The number of nitrogens with one attached hydrogen (secondary N) is 1. The number of hydrogen-bond acceptors (Lipinski definition) is 3. The summed E-state index contributed by atoms with van der Waals surface area (Å²) in [5.41, 5.74) is 8.69. The van der Waals surface area contributed by atoms with Gasteiger partial charge in [0.2, 0.25) is 5.91 Å². The zero-order valence-electron chi connectivity index (χ0n) is 14.2. The quantitative estimate of drug-likeness (QED) is 0.823. The van der Waals surface area contributed by atoms with Crippen LogP contribution in [0.3, 0.4) is 0 Å². The Morgan fingerprint density at radius 2 is 1.68 bits per heavy atom. The summed E-state index contributed by atoms with van der Waals surface area (Å²) >= 11 is 0. The van der Waals surface area contributed by atoms with Gasteiger partial charge in [-0.15, -0.1) is 0 Å². The van der Waals surface area contributed by atoms with Gasteiger partial charge in [0.15, 0.2) is 0 Å². The summed E-state index contributed by atoms with van der Waals surface area (Å²) in [5.74, 6) is -0.134. The molecule has 130 valence electrons. The lowest BCUT2D eigenvalue weighted by Crippen LogP contribution is -2.28. The fourth-order valence-electron chi connectivity index (χ4n) is 3.09. The molecule has 0 saturated carbocycles. The Hall–Kier alpha value is -2.82. The highest BCUT2D eigenvalue weighted by atomic mass is 16.2. The third-order valence-electron chi connectivity index (χ3n) is 4.50. The lowest BCUT2D eigenvalue weighted by Gasteiger charge is -2.18. The Balaban J connectivity index is 1.65. The van der Waals surface area contributed by atoms with Crippen LogP contribution in [-0.2, 0) is 11.2 Å². The number of nitrogens with two attached hydrogens (primary N) is 1. The van der Waals surface area contributed by atoms with Crippen molar-refractivity contribution in [2.45, 2.75) is 25.7 Å². The normalized spacial score (nSPS) is 13.7. The van der Waals surface area contributed by atoms with Crippen molar-refractivity contribution in [1.29, 1.82) is 0 Å². The highest BCUT2D eigenvalue weighted by Gasteiger charge is 2.22. The Morgan fingerprint density at radius 1 is 1.00 bits per heavy atom. The zero-order chi connectivity index (χ0) is 17.6. The van der Waals surface area contributed by atoms with E-state index < -0.39 is 0 Å². The number of hydrogen-bond donors (Lipinski definition) is 2. The SMILES string of the molecule is Nc1ccccc1CCC(=O)Nc1ccccc1C(=O)N1CCCC1. The maximum absolute atomic E-state index is 12.6. The maximum atomic E-state index is 12.6. The average molecular weight is 337 g/mol. The summed E-state index contributed by atoms with van der Waals surface area (Å²) < 4.78 is 0. The second-order valence-corrected chi connectivity index (χ2v) is 6.29. The molecule has 0 aliphatic carbocycles. The molecule has 2 aromatic rings. The molecule has 0 spiro atoms. The standard InChI is InChI=1S/C20H23N3O2/c21-17-9-3-1-7-15(17)11-12-19(24)22-18-10-4-2-8-16(18)20(25)23-13-5-6-14-23/h1-4,7-10H,5-6,11-14,21H2,(H,22,24). The van der Waals surface area contributed by atoms with Crippen LogP contribution in [-0.4, -0.2) is 29.8 Å². The van der Waals surface area contributed by atoms with Gasteiger partial charge in [0.05, 0.1) is 11.3 Å². The summed E-state index contributed by atoms with van der Waals surface area (Å²) in [7, 11) is 0. The highest BCUT2D eigenvalue weighted by Crippen LogP contribution is 2.21. The second-order valence-electron chi connectivity index (χ2n) is 6.29. The molecule has 2 amide bonds. The summed E-state index contributed by atoms with van der Waals surface area (Å²) in [5, 5.41) is 2.88. The molecule has 0 unspecified atom stereocenters. The third kappa shape index (κ3) is 4.18. The van der Waals surface area contributed by atoms with Crippen LogP contribution in [0, 0.1) is 0 Å². The predicted octanol–water partition coefficient (Wildman–Crippen LogP) is 3.08. The summed E-state index contributed by atoms with van der Waals surface area (Å²) in [6, 6.07) is 14.7. The first-order chi connectivity index (χ1) is 12.1. The second kappa shape index (κ2) is 7.83. The Morgan fingerprint density at radius 3 is 2.44 bits per heavy atom. The van der Waals surface area contributed by atoms with E-state index in [1.807, 2.05) is 41.3 Å². The Kier molecular flexibility index (Phi) is 5.33. The first-order valence-corrected chi connectivity index (χ1v) is 8.66. The Bertz CT molecular complexity index is 767. The van der Waals surface area contributed by atoms with Gasteiger partial charge in [-0.2, -0.15) is 0 Å². The molecule has 0 bridgehead atoms. The number of nitrogens with zero attached hydrogens (tertiary/aromatic N) is 1. The molecule has 0 aromatic heterocycles. The Labute approximate surface area is 147 Å². The van der Waals surface area contributed by atoms with Crippen molar-refractivity contribution in [3.63, 3.8) is 0 Å². The monoisotopic (exact) mass is 337 g/mol. The van der Waals surface area contributed by atoms with Crippen molar-refractivity contribution in [3.8, 4) is 0 Å². The molecular formula is C20H23N3O2. The molecule has 2 aromatic carbocycles. The number of likely N-dealkylation sites (tertiary alicyclic amines) is 1. The van der Waals surface area contributed by atoms with E-state index in [0.29, 0.717) is 29.8 Å². The van der Waals surface area contributed by atoms with Crippen LogP contribution in [0.1, 0.15) is 35.2 Å². The van der Waals surface area contributed by atoms with E-state index in [9.17, 15) is 9.59 Å². The van der Waals surface area contributed by atoms with Crippen LogP contribution in [0.5, 0.6) is 0 Å². The molecule has 1 saturated heterocycles. The van der Waals surface area contributed by atoms with Crippen LogP contribution in [0.25, 0.3) is 0 Å². The topological polar surface area (TPSA) is 75.4 Å². The first-order valence-electron chi connectivity index (χ1n) is 8.66. The van der Waals surface area contributed by atoms with Crippen molar-refractivity contribution in [2.24, 2.45) is 0 Å². The fraction of sp³-hybridized carbons (Fsp3) is 0.300. The van der Waals surface area contributed by atoms with Crippen molar-refractivity contribution in [2.75, 3.05) is 24.1 Å². The fourth-order valence-corrected chi connectivity index (χ4v) is 3.09. The number of anilines is 2. The van der Waals surface area contributed by atoms with Crippen LogP contribution in [0.2, 0.25) is 0 Å². The molecule has 1 aliphatic heterocycles. The molecule has 25 heavy (non-hydrogen) atoms. The number of para-hydroxylation sites is 2. The van der Waals surface area contributed by atoms with Crippen molar-refractivity contribution < 1.29 is 9.59 Å². The molecule has 5 heteroatoms. The largest absolute Gasteiger partial charge is 0.399 e. The molecule has 0 radical (unpaired) electrons. The van der Waals surface area contributed by atoms with Crippen LogP contribution in [0.4, 0.5) is 11.4 Å². The van der Waals surface area contributed by atoms with E-state index >= 15 is 0 Å². The van der Waals surface area contributed by atoms with Gasteiger partial charge in [-0.25, -0.2) is 0 Å². The molecule has 0 atom stereocenters. The van der Waals surface area contributed by atoms with Gasteiger partial charge < -0.3 is 16.0 Å². The minimum Gasteiger partial charge on any atom is -0.399 e. The molecule has 3 rings (SSSR count). The van der Waals surface area contributed by atoms with E-state index in [1.54, 1.807) is 12.1 Å². The summed E-state index contributed by atoms with van der Waals surface area (Å²) in [6.07, 6.45) is 2.97. The van der Waals surface area contributed by atoms with E-state index in [-0.39, 0.29) is 11.8 Å². The predicted molar refractivity (Wildman–Crippen MR) is 99.4 cm³/mol. The van der Waals surface area contributed by atoms with Crippen LogP contribution < -0.4 is 11.1 Å². The lowest BCUT2D eigenvalue weighted by molar-refractivity contribution is -0.116. The molecule has 5 nitrogen and oxygen atoms in total. The summed E-state index contributed by atoms with van der Waals surface area (Å²) in [6.45, 7) is 1.57. The van der Waals surface area contributed by atoms with Gasteiger partial charge in [0, 0.05) is 25.2 Å². The lowest BCUT2D eigenvalue weighted by atomic mass is 10.1. The van der Waals surface area contributed by atoms with Crippen molar-refractivity contribution in [3.05, 3.63) is 59.7 Å². The number of amides is 2. The maximum Gasteiger partial charge on any atom is 0.255 e. The number of carbonyl (C=O) groups excluding carboxylic acids is 2. The minimum absolute atomic E-state index is 0.0132. The number of carbonyl (C=O) groups is 2. The van der Waals surface area contributed by atoms with Gasteiger partial charge in [-0.05, 0) is 43.0 Å². The molecule has 3 N–H and O–H groups in total. The van der Waals surface area contributed by atoms with E-state index in [2.05, 4.69) is 5.32 Å². The zero-order valence-corrected chi connectivity index (χ0v) is 14.2. The molecule has 1 fully saturated rings. The first kappa shape index (κ1) is 17.0. The van der Waals surface area contributed by atoms with E-state index in [0.717, 1.165) is 31.5 Å². The van der Waals surface area contributed by atoms with Crippen molar-refractivity contribution >= 4 is 23.2 Å². The van der Waals surface area contributed by atoms with Gasteiger partial charge in [0.1, 0.15) is 0 Å². The summed E-state index contributed by atoms with van der Waals surface area (Å²) in [4.78, 5) is 26.8. The molecule has 1 heterocycles. The van der Waals surface area contributed by atoms with Gasteiger partial charge >= 0.3 is 0 Å². The van der Waals surface area contributed by atoms with Crippen LogP contribution in [0.15, 0.2) is 48.5 Å². The molecule has 1 aliphatic rings.